The molecule has 2 rings (SSSR count). The van der Waals surface area contributed by atoms with Crippen LogP contribution >= 0.6 is 27.3 Å². The van der Waals surface area contributed by atoms with Gasteiger partial charge >= 0.3 is 0 Å². The summed E-state index contributed by atoms with van der Waals surface area (Å²) >= 11 is 5.49. The van der Waals surface area contributed by atoms with Gasteiger partial charge in [-0.25, -0.2) is 0 Å². The molecule has 1 atom stereocenters. The third kappa shape index (κ3) is 4.16. The fourth-order valence-electron chi connectivity index (χ4n) is 2.15. The van der Waals surface area contributed by atoms with Crippen molar-refractivity contribution in [1.29, 1.82) is 0 Å². The molecule has 2 aromatic rings. The Labute approximate surface area is 128 Å². The van der Waals surface area contributed by atoms with Gasteiger partial charge in [0.1, 0.15) is 0 Å². The zero-order chi connectivity index (χ0) is 13.7. The summed E-state index contributed by atoms with van der Waals surface area (Å²) in [6, 6.07) is 11.4. The van der Waals surface area contributed by atoms with Crippen molar-refractivity contribution in [2.24, 2.45) is 0 Å². The van der Waals surface area contributed by atoms with E-state index in [0.717, 1.165) is 6.54 Å². The van der Waals surface area contributed by atoms with Crippen LogP contribution in [-0.2, 0) is 6.54 Å². The number of benzene rings is 1. The Morgan fingerprint density at radius 2 is 2.16 bits per heavy atom. The van der Waals surface area contributed by atoms with E-state index in [9.17, 15) is 0 Å². The highest BCUT2D eigenvalue weighted by Crippen LogP contribution is 2.25. The van der Waals surface area contributed by atoms with Gasteiger partial charge < -0.3 is 5.32 Å². The van der Waals surface area contributed by atoms with Crippen LogP contribution in [0.3, 0.4) is 0 Å². The Morgan fingerprint density at radius 3 is 2.79 bits per heavy atom. The molecule has 0 saturated carbocycles. The number of halogens is 1. The summed E-state index contributed by atoms with van der Waals surface area (Å²) in [5.74, 6) is 0. The fourth-order valence-corrected chi connectivity index (χ4v) is 3.62. The van der Waals surface area contributed by atoms with Crippen LogP contribution in [0.4, 0.5) is 0 Å². The number of hydrogen-bond donors (Lipinski definition) is 1. The lowest BCUT2D eigenvalue weighted by molar-refractivity contribution is 0.500. The van der Waals surface area contributed by atoms with E-state index in [1.165, 1.54) is 33.3 Å². The van der Waals surface area contributed by atoms with E-state index in [-0.39, 0.29) is 0 Å². The highest BCUT2D eigenvalue weighted by molar-refractivity contribution is 9.10. The van der Waals surface area contributed by atoms with Crippen molar-refractivity contribution >= 4 is 27.3 Å². The Kier molecular flexibility index (Phi) is 5.61. The Bertz CT molecular complexity index is 507. The molecule has 1 N–H and O–H groups in total. The zero-order valence-electron chi connectivity index (χ0n) is 11.4. The number of nitrogens with one attached hydrogen (secondary N) is 1. The second-order valence-corrected chi connectivity index (χ2v) is 6.67. The maximum absolute atomic E-state index is 3.68. The van der Waals surface area contributed by atoms with Crippen LogP contribution in [0.1, 0.15) is 41.8 Å². The van der Waals surface area contributed by atoms with E-state index in [4.69, 9.17) is 0 Å². The number of rotatable bonds is 6. The van der Waals surface area contributed by atoms with Gasteiger partial charge in [-0.15, -0.1) is 11.3 Å². The molecule has 0 radical (unpaired) electrons. The van der Waals surface area contributed by atoms with E-state index in [1.807, 2.05) is 11.3 Å². The van der Waals surface area contributed by atoms with Crippen LogP contribution in [0, 0.1) is 6.92 Å². The van der Waals surface area contributed by atoms with Crippen molar-refractivity contribution in [1.82, 2.24) is 5.32 Å². The fraction of sp³-hybridized carbons (Fsp3) is 0.375. The first-order chi connectivity index (χ1) is 9.20. The lowest BCUT2D eigenvalue weighted by Gasteiger charge is -2.17. The van der Waals surface area contributed by atoms with Gasteiger partial charge in [0.2, 0.25) is 0 Å². The lowest BCUT2D eigenvalue weighted by Crippen LogP contribution is -2.20. The first-order valence-electron chi connectivity index (χ1n) is 6.72. The molecular formula is C16H20BrNS. The second-order valence-electron chi connectivity index (χ2n) is 4.83. The predicted octanol–water partition coefficient (Wildman–Crippen LogP) is 5.45. The predicted molar refractivity (Wildman–Crippen MR) is 87.7 cm³/mol. The molecule has 0 bridgehead atoms. The van der Waals surface area contributed by atoms with Gasteiger partial charge in [0.15, 0.2) is 0 Å². The monoisotopic (exact) mass is 337 g/mol. The molecule has 0 aliphatic rings. The highest BCUT2D eigenvalue weighted by atomic mass is 79.9. The molecule has 1 heterocycles. The van der Waals surface area contributed by atoms with Crippen molar-refractivity contribution < 1.29 is 0 Å². The van der Waals surface area contributed by atoms with E-state index < -0.39 is 0 Å². The van der Waals surface area contributed by atoms with Gasteiger partial charge in [-0.2, -0.15) is 0 Å². The van der Waals surface area contributed by atoms with Crippen molar-refractivity contribution in [3.8, 4) is 0 Å². The summed E-state index contributed by atoms with van der Waals surface area (Å²) in [7, 11) is 0. The molecule has 1 nitrogen and oxygen atoms in total. The molecule has 0 aliphatic heterocycles. The van der Waals surface area contributed by atoms with Crippen LogP contribution < -0.4 is 5.32 Å². The molecule has 1 aromatic heterocycles. The molecule has 1 unspecified atom stereocenters. The van der Waals surface area contributed by atoms with Crippen LogP contribution in [0.5, 0.6) is 0 Å². The molecule has 0 aliphatic carbocycles. The summed E-state index contributed by atoms with van der Waals surface area (Å²) in [6.45, 7) is 5.26. The van der Waals surface area contributed by atoms with Gasteiger partial charge in [-0.3, -0.25) is 0 Å². The molecule has 1 aromatic carbocycles. The average molecular weight is 338 g/mol. The van der Waals surface area contributed by atoms with Gasteiger partial charge in [-0.1, -0.05) is 47.5 Å². The van der Waals surface area contributed by atoms with Gasteiger partial charge in [0.25, 0.3) is 0 Å². The molecule has 0 fully saturated rings. The molecule has 0 saturated heterocycles. The normalized spacial score (nSPS) is 12.6. The summed E-state index contributed by atoms with van der Waals surface area (Å²) < 4.78 is 1.20. The van der Waals surface area contributed by atoms with Gasteiger partial charge in [0.05, 0.1) is 0 Å². The minimum absolute atomic E-state index is 0.471. The number of aryl methyl sites for hydroxylation is 1. The molecule has 0 spiro atoms. The second kappa shape index (κ2) is 7.22. The molecule has 0 amide bonds. The molecule has 19 heavy (non-hydrogen) atoms. The van der Waals surface area contributed by atoms with Gasteiger partial charge in [0, 0.05) is 21.9 Å². The standard InChI is InChI=1S/C16H20BrNS/c1-3-5-15(16-6-4-9-19-16)18-11-13-8-7-12(2)10-14(13)17/h4,6-10,15,18H,3,5,11H2,1-2H3. The van der Waals surface area contributed by atoms with Crippen molar-refractivity contribution in [3.63, 3.8) is 0 Å². The molecule has 3 heteroatoms. The Morgan fingerprint density at radius 1 is 1.32 bits per heavy atom. The van der Waals surface area contributed by atoms with E-state index in [0.29, 0.717) is 6.04 Å². The summed E-state index contributed by atoms with van der Waals surface area (Å²) in [6.07, 6.45) is 2.38. The maximum Gasteiger partial charge on any atom is 0.0417 e. The van der Waals surface area contributed by atoms with Gasteiger partial charge in [-0.05, 0) is 42.0 Å². The lowest BCUT2D eigenvalue weighted by atomic mass is 10.1. The van der Waals surface area contributed by atoms with E-state index in [2.05, 4.69) is 70.8 Å². The summed E-state index contributed by atoms with van der Waals surface area (Å²) in [4.78, 5) is 1.44. The van der Waals surface area contributed by atoms with Crippen LogP contribution in [0.25, 0.3) is 0 Å². The minimum Gasteiger partial charge on any atom is -0.305 e. The van der Waals surface area contributed by atoms with Crippen molar-refractivity contribution in [2.45, 2.75) is 39.3 Å². The smallest absolute Gasteiger partial charge is 0.0417 e. The van der Waals surface area contributed by atoms with E-state index >= 15 is 0 Å². The first-order valence-corrected chi connectivity index (χ1v) is 8.39. The quantitative estimate of drug-likeness (QED) is 0.738. The van der Waals surface area contributed by atoms with Crippen molar-refractivity contribution in [3.05, 3.63) is 56.2 Å². The average Bonchev–Trinajstić information content (AvgIpc) is 2.90. The Balaban J connectivity index is 2.02. The minimum atomic E-state index is 0.471. The number of thiophene rings is 1. The molecule has 102 valence electrons. The summed E-state index contributed by atoms with van der Waals surface area (Å²) in [5, 5.41) is 5.83. The summed E-state index contributed by atoms with van der Waals surface area (Å²) in [5.41, 5.74) is 2.61. The van der Waals surface area contributed by atoms with Crippen LogP contribution in [0.2, 0.25) is 0 Å². The van der Waals surface area contributed by atoms with Crippen LogP contribution in [0.15, 0.2) is 40.2 Å². The zero-order valence-corrected chi connectivity index (χ0v) is 13.9. The highest BCUT2D eigenvalue weighted by Gasteiger charge is 2.11. The van der Waals surface area contributed by atoms with Crippen molar-refractivity contribution in [2.75, 3.05) is 0 Å². The Hall–Kier alpha value is -0.640. The largest absolute Gasteiger partial charge is 0.305 e. The third-order valence-corrected chi connectivity index (χ3v) is 4.94. The van der Waals surface area contributed by atoms with Crippen LogP contribution in [-0.4, -0.2) is 0 Å². The topological polar surface area (TPSA) is 12.0 Å². The number of hydrogen-bond acceptors (Lipinski definition) is 2. The molecular weight excluding hydrogens is 318 g/mol. The first kappa shape index (κ1) is 14.8. The van der Waals surface area contributed by atoms with E-state index in [1.54, 1.807) is 0 Å². The SMILES string of the molecule is CCCC(NCc1ccc(C)cc1Br)c1cccs1. The third-order valence-electron chi connectivity index (χ3n) is 3.21. The maximum atomic E-state index is 3.68.